The van der Waals surface area contributed by atoms with E-state index in [0.29, 0.717) is 40.1 Å². The van der Waals surface area contributed by atoms with Crippen molar-refractivity contribution in [1.29, 1.82) is 0 Å². The van der Waals surface area contributed by atoms with E-state index in [1.165, 1.54) is 0 Å². The maximum Gasteiger partial charge on any atom is 0.267 e. The number of H-pyrrole nitrogens is 1. The Labute approximate surface area is 166 Å². The highest BCUT2D eigenvalue weighted by molar-refractivity contribution is 6.36. The van der Waals surface area contributed by atoms with Crippen molar-refractivity contribution in [2.75, 3.05) is 18.4 Å². The minimum absolute atomic E-state index is 0.0898. The Bertz CT molecular complexity index is 945. The average Bonchev–Trinajstić information content (AvgIpc) is 3.03. The fourth-order valence-electron chi connectivity index (χ4n) is 2.73. The number of halogens is 2. The lowest BCUT2D eigenvalue weighted by atomic mass is 10.0. The molecule has 27 heavy (non-hydrogen) atoms. The molecule has 142 valence electrons. The molecule has 1 aliphatic rings. The SMILES string of the molecule is CC(C)c1cc(Cc2c(Cl)cc(NCC3=NCC(=O)N3)cc2Cl)n[nH]c1=O. The van der Waals surface area contributed by atoms with Gasteiger partial charge in [0.15, 0.2) is 0 Å². The summed E-state index contributed by atoms with van der Waals surface area (Å²) in [6, 6.07) is 5.30. The van der Waals surface area contributed by atoms with E-state index in [0.717, 1.165) is 11.3 Å². The van der Waals surface area contributed by atoms with Crippen molar-refractivity contribution in [2.45, 2.75) is 26.2 Å². The van der Waals surface area contributed by atoms with Gasteiger partial charge in [0.1, 0.15) is 12.4 Å². The highest BCUT2D eigenvalue weighted by Gasteiger charge is 2.15. The zero-order valence-corrected chi connectivity index (χ0v) is 16.4. The molecule has 0 atom stereocenters. The van der Waals surface area contributed by atoms with Gasteiger partial charge in [-0.3, -0.25) is 14.6 Å². The number of aliphatic imine (C=N–C) groups is 1. The fourth-order valence-corrected chi connectivity index (χ4v) is 3.35. The summed E-state index contributed by atoms with van der Waals surface area (Å²) in [6.07, 6.45) is 0.400. The average molecular weight is 408 g/mol. The first-order valence-electron chi connectivity index (χ1n) is 8.47. The van der Waals surface area contributed by atoms with Crippen LogP contribution >= 0.6 is 23.2 Å². The largest absolute Gasteiger partial charge is 0.378 e. The van der Waals surface area contributed by atoms with Gasteiger partial charge in [-0.25, -0.2) is 5.10 Å². The molecule has 7 nitrogen and oxygen atoms in total. The lowest BCUT2D eigenvalue weighted by molar-refractivity contribution is -0.117. The molecule has 1 aliphatic heterocycles. The topological polar surface area (TPSA) is 99.2 Å². The molecule has 3 rings (SSSR count). The summed E-state index contributed by atoms with van der Waals surface area (Å²) in [5.74, 6) is 0.550. The van der Waals surface area contributed by atoms with Gasteiger partial charge in [-0.2, -0.15) is 5.10 Å². The van der Waals surface area contributed by atoms with Crippen LogP contribution in [-0.2, 0) is 11.2 Å². The van der Waals surface area contributed by atoms with E-state index in [4.69, 9.17) is 23.2 Å². The van der Waals surface area contributed by atoms with Crippen LogP contribution < -0.4 is 16.2 Å². The Morgan fingerprint density at radius 3 is 2.48 bits per heavy atom. The molecule has 1 aromatic heterocycles. The minimum Gasteiger partial charge on any atom is -0.378 e. The van der Waals surface area contributed by atoms with Gasteiger partial charge in [-0.05, 0) is 29.7 Å². The lowest BCUT2D eigenvalue weighted by Crippen LogP contribution is -2.29. The summed E-state index contributed by atoms with van der Waals surface area (Å²) in [7, 11) is 0. The zero-order valence-electron chi connectivity index (χ0n) is 14.9. The van der Waals surface area contributed by atoms with Crippen molar-refractivity contribution in [3.63, 3.8) is 0 Å². The molecule has 0 fully saturated rings. The number of rotatable bonds is 6. The lowest BCUT2D eigenvalue weighted by Gasteiger charge is -2.12. The molecule has 0 bridgehead atoms. The van der Waals surface area contributed by atoms with E-state index in [9.17, 15) is 9.59 Å². The minimum atomic E-state index is -0.188. The number of hydrogen-bond acceptors (Lipinski definition) is 5. The molecule has 0 aliphatic carbocycles. The second-order valence-corrected chi connectivity index (χ2v) is 7.37. The molecule has 0 unspecified atom stereocenters. The molecular formula is C18H19Cl2N5O2. The monoisotopic (exact) mass is 407 g/mol. The maximum atomic E-state index is 11.8. The second kappa shape index (κ2) is 8.10. The molecule has 3 N–H and O–H groups in total. The molecular weight excluding hydrogens is 389 g/mol. The molecule has 9 heteroatoms. The van der Waals surface area contributed by atoms with Gasteiger partial charge in [0.2, 0.25) is 5.91 Å². The van der Waals surface area contributed by atoms with Crippen LogP contribution in [0.25, 0.3) is 0 Å². The van der Waals surface area contributed by atoms with Gasteiger partial charge < -0.3 is 10.6 Å². The van der Waals surface area contributed by atoms with Crippen molar-refractivity contribution in [3.05, 3.63) is 55.4 Å². The van der Waals surface area contributed by atoms with Gasteiger partial charge in [0.05, 0.1) is 12.2 Å². The molecule has 1 amide bonds. The second-order valence-electron chi connectivity index (χ2n) is 6.56. The van der Waals surface area contributed by atoms with E-state index in [-0.39, 0.29) is 23.9 Å². The zero-order chi connectivity index (χ0) is 19.6. The van der Waals surface area contributed by atoms with Crippen LogP contribution in [0.15, 0.2) is 28.0 Å². The Hall–Kier alpha value is -2.38. The standard InChI is InChI=1S/C18H19Cl2N5O2/c1-9(2)12-3-11(24-25-18(12)27)4-13-14(19)5-10(6-15(13)20)21-7-16-22-8-17(26)23-16/h3,5-6,9,21H,4,7-8H2,1-2H3,(H,25,27)(H,22,23,26). The number of aromatic amines is 1. The summed E-state index contributed by atoms with van der Waals surface area (Å²) in [4.78, 5) is 27.1. The summed E-state index contributed by atoms with van der Waals surface area (Å²) in [6.45, 7) is 4.43. The van der Waals surface area contributed by atoms with Crippen molar-refractivity contribution >= 4 is 40.6 Å². The number of anilines is 1. The van der Waals surface area contributed by atoms with E-state index >= 15 is 0 Å². The fraction of sp³-hybridized carbons (Fsp3) is 0.333. The van der Waals surface area contributed by atoms with Crippen LogP contribution in [-0.4, -0.2) is 35.0 Å². The maximum absolute atomic E-state index is 11.8. The number of benzene rings is 1. The first-order chi connectivity index (χ1) is 12.8. The first-order valence-corrected chi connectivity index (χ1v) is 9.22. The summed E-state index contributed by atoms with van der Waals surface area (Å²) < 4.78 is 0. The third-order valence-corrected chi connectivity index (χ3v) is 4.84. The van der Waals surface area contributed by atoms with Gasteiger partial charge in [0, 0.05) is 27.7 Å². The summed E-state index contributed by atoms with van der Waals surface area (Å²) in [5.41, 5.74) is 2.61. The van der Waals surface area contributed by atoms with Crippen molar-refractivity contribution in [2.24, 2.45) is 4.99 Å². The predicted molar refractivity (Wildman–Crippen MR) is 107 cm³/mol. The third-order valence-electron chi connectivity index (χ3n) is 4.16. The van der Waals surface area contributed by atoms with Crippen molar-refractivity contribution in [1.82, 2.24) is 15.5 Å². The van der Waals surface area contributed by atoms with Gasteiger partial charge in [-0.1, -0.05) is 37.0 Å². The molecule has 0 saturated carbocycles. The van der Waals surface area contributed by atoms with E-state index in [1.807, 2.05) is 13.8 Å². The Kier molecular flexibility index (Phi) is 5.82. The van der Waals surface area contributed by atoms with Gasteiger partial charge in [-0.15, -0.1) is 0 Å². The van der Waals surface area contributed by atoms with E-state index in [1.54, 1.807) is 18.2 Å². The number of nitrogens with one attached hydrogen (secondary N) is 3. The van der Waals surface area contributed by atoms with Crippen molar-refractivity contribution < 1.29 is 4.79 Å². The summed E-state index contributed by atoms with van der Waals surface area (Å²) >= 11 is 12.8. The first kappa shape index (κ1) is 19.4. The molecule has 1 aromatic carbocycles. The quantitative estimate of drug-likeness (QED) is 0.685. The third kappa shape index (κ3) is 4.67. The number of carbonyl (C=O) groups excluding carboxylic acids is 1. The van der Waals surface area contributed by atoms with Crippen LogP contribution in [0.2, 0.25) is 10.0 Å². The van der Waals surface area contributed by atoms with Crippen LogP contribution in [0, 0.1) is 0 Å². The highest BCUT2D eigenvalue weighted by atomic mass is 35.5. The van der Waals surface area contributed by atoms with Crippen LogP contribution in [0.3, 0.4) is 0 Å². The van der Waals surface area contributed by atoms with E-state index in [2.05, 4.69) is 25.8 Å². The number of amidine groups is 1. The number of aromatic nitrogens is 2. The van der Waals surface area contributed by atoms with Crippen LogP contribution in [0.4, 0.5) is 5.69 Å². The molecule has 0 spiro atoms. The van der Waals surface area contributed by atoms with Crippen LogP contribution in [0.5, 0.6) is 0 Å². The molecule has 2 heterocycles. The predicted octanol–water partition coefficient (Wildman–Crippen LogP) is 2.73. The number of hydrogen-bond donors (Lipinski definition) is 3. The Morgan fingerprint density at radius 2 is 1.89 bits per heavy atom. The Balaban J connectivity index is 1.76. The summed E-state index contributed by atoms with van der Waals surface area (Å²) in [5, 5.41) is 13.4. The van der Waals surface area contributed by atoms with E-state index < -0.39 is 0 Å². The normalized spacial score (nSPS) is 13.7. The smallest absolute Gasteiger partial charge is 0.267 e. The molecule has 2 aromatic rings. The van der Waals surface area contributed by atoms with Crippen LogP contribution in [0.1, 0.15) is 36.6 Å². The molecule has 0 radical (unpaired) electrons. The molecule has 0 saturated heterocycles. The number of nitrogens with zero attached hydrogens (tertiary/aromatic N) is 2. The number of carbonyl (C=O) groups is 1. The highest BCUT2D eigenvalue weighted by Crippen LogP contribution is 2.31. The van der Waals surface area contributed by atoms with Gasteiger partial charge >= 0.3 is 0 Å². The Morgan fingerprint density at radius 1 is 1.19 bits per heavy atom. The van der Waals surface area contributed by atoms with Crippen molar-refractivity contribution in [3.8, 4) is 0 Å². The number of amides is 1. The van der Waals surface area contributed by atoms with Gasteiger partial charge in [0.25, 0.3) is 5.56 Å².